The molecule has 0 saturated heterocycles. The van der Waals surface area contributed by atoms with Crippen molar-refractivity contribution in [1.29, 1.82) is 0 Å². The lowest BCUT2D eigenvalue weighted by Crippen LogP contribution is -2.37. The SMILES string of the molecule is CCCCC(CC)CN1C(=O)C2=C(c3ccc(C=O)s3)N(C(CC)CCCC)C(=O)C2=C1c1ccc(C=O)s1. The Balaban J connectivity index is 1.94. The van der Waals surface area contributed by atoms with Crippen LogP contribution in [0.1, 0.15) is 108 Å². The van der Waals surface area contributed by atoms with Gasteiger partial charge in [0.05, 0.1) is 42.0 Å². The molecule has 0 bridgehead atoms. The summed E-state index contributed by atoms with van der Waals surface area (Å²) >= 11 is 2.63. The zero-order valence-electron chi connectivity index (χ0n) is 23.3. The number of hydrogen-bond acceptors (Lipinski definition) is 6. The molecule has 2 atom stereocenters. The molecular formula is C31H38N2O4S2. The first-order valence-corrected chi connectivity index (χ1v) is 15.8. The Morgan fingerprint density at radius 2 is 1.31 bits per heavy atom. The Morgan fingerprint density at radius 3 is 1.82 bits per heavy atom. The fourth-order valence-corrected chi connectivity index (χ4v) is 7.36. The molecule has 0 radical (unpaired) electrons. The van der Waals surface area contributed by atoms with Gasteiger partial charge in [0.2, 0.25) is 0 Å². The van der Waals surface area contributed by atoms with Crippen LogP contribution >= 0.6 is 22.7 Å². The van der Waals surface area contributed by atoms with Crippen molar-refractivity contribution in [2.24, 2.45) is 5.92 Å². The zero-order chi connectivity index (χ0) is 28.1. The number of hydrogen-bond donors (Lipinski definition) is 0. The van der Waals surface area contributed by atoms with Gasteiger partial charge in [-0.2, -0.15) is 0 Å². The van der Waals surface area contributed by atoms with Crippen molar-refractivity contribution in [2.75, 3.05) is 6.54 Å². The average molecular weight is 567 g/mol. The van der Waals surface area contributed by atoms with E-state index >= 15 is 0 Å². The third-order valence-corrected chi connectivity index (χ3v) is 9.82. The van der Waals surface area contributed by atoms with E-state index in [0.717, 1.165) is 73.7 Å². The summed E-state index contributed by atoms with van der Waals surface area (Å²) in [7, 11) is 0. The summed E-state index contributed by atoms with van der Waals surface area (Å²) in [6.45, 7) is 9.06. The Kier molecular flexibility index (Phi) is 9.72. The first-order valence-electron chi connectivity index (χ1n) is 14.2. The topological polar surface area (TPSA) is 74.8 Å². The number of carbonyl (C=O) groups is 4. The molecule has 0 saturated carbocycles. The summed E-state index contributed by atoms with van der Waals surface area (Å²) in [4.78, 5) is 58.2. The van der Waals surface area contributed by atoms with Crippen LogP contribution in [0.5, 0.6) is 0 Å². The standard InChI is InChI=1S/C31H38N2O4S2/c1-5-9-11-20(7-3)17-32-28(24-15-13-22(18-34)38-24)26-27(30(32)36)29(25-16-14-23(19-35)39-25)33(31(26)37)21(8-4)12-10-6-2/h13-16,18-21H,5-12,17H2,1-4H3. The second kappa shape index (κ2) is 13.0. The smallest absolute Gasteiger partial charge is 0.261 e. The van der Waals surface area contributed by atoms with E-state index in [1.807, 2.05) is 17.0 Å². The molecule has 0 aromatic carbocycles. The predicted molar refractivity (Wildman–Crippen MR) is 159 cm³/mol. The van der Waals surface area contributed by atoms with Gasteiger partial charge < -0.3 is 9.80 Å². The lowest BCUT2D eigenvalue weighted by Gasteiger charge is -2.31. The average Bonchev–Trinajstić information content (AvgIpc) is 3.73. The van der Waals surface area contributed by atoms with E-state index in [9.17, 15) is 19.2 Å². The van der Waals surface area contributed by atoms with Gasteiger partial charge in [-0.15, -0.1) is 22.7 Å². The monoisotopic (exact) mass is 566 g/mol. The maximum Gasteiger partial charge on any atom is 0.261 e. The molecule has 2 aromatic heterocycles. The van der Waals surface area contributed by atoms with Crippen LogP contribution < -0.4 is 0 Å². The fraction of sp³-hybridized carbons (Fsp3) is 0.484. The molecule has 0 N–H and O–H groups in total. The largest absolute Gasteiger partial charge is 0.306 e. The van der Waals surface area contributed by atoms with E-state index in [1.54, 1.807) is 17.0 Å². The molecular weight excluding hydrogens is 528 g/mol. The molecule has 2 unspecified atom stereocenters. The molecule has 2 amide bonds. The van der Waals surface area contributed by atoms with E-state index in [0.29, 0.717) is 44.8 Å². The number of nitrogens with zero attached hydrogens (tertiary/aromatic N) is 2. The van der Waals surface area contributed by atoms with Crippen molar-refractivity contribution in [2.45, 2.75) is 85.1 Å². The Morgan fingerprint density at radius 1 is 0.744 bits per heavy atom. The van der Waals surface area contributed by atoms with Gasteiger partial charge in [0.1, 0.15) is 0 Å². The van der Waals surface area contributed by atoms with Crippen LogP contribution in [0.25, 0.3) is 11.4 Å². The van der Waals surface area contributed by atoms with E-state index in [-0.39, 0.29) is 17.9 Å². The van der Waals surface area contributed by atoms with Crippen LogP contribution in [-0.4, -0.2) is 46.8 Å². The summed E-state index contributed by atoms with van der Waals surface area (Å²) in [5.41, 5.74) is 2.15. The quantitative estimate of drug-likeness (QED) is 0.210. The second-order valence-corrected chi connectivity index (χ2v) is 12.5. The molecule has 2 aliphatic rings. The molecule has 4 heterocycles. The van der Waals surface area contributed by atoms with Gasteiger partial charge in [0, 0.05) is 12.6 Å². The van der Waals surface area contributed by atoms with Crippen LogP contribution in [0.3, 0.4) is 0 Å². The van der Waals surface area contributed by atoms with Crippen molar-refractivity contribution in [1.82, 2.24) is 9.80 Å². The van der Waals surface area contributed by atoms with Gasteiger partial charge in [-0.05, 0) is 49.4 Å². The van der Waals surface area contributed by atoms with Crippen molar-refractivity contribution >= 4 is 58.5 Å². The van der Waals surface area contributed by atoms with Crippen molar-refractivity contribution in [3.8, 4) is 0 Å². The molecule has 0 spiro atoms. The van der Waals surface area contributed by atoms with E-state index < -0.39 is 0 Å². The summed E-state index contributed by atoms with van der Waals surface area (Å²) in [6, 6.07) is 7.16. The fourth-order valence-electron chi connectivity index (χ4n) is 5.61. The number of amides is 2. The number of unbranched alkanes of at least 4 members (excludes halogenated alkanes) is 2. The first kappa shape index (κ1) is 29.2. The minimum Gasteiger partial charge on any atom is -0.306 e. The van der Waals surface area contributed by atoms with Crippen LogP contribution in [0.15, 0.2) is 35.4 Å². The Hall–Kier alpha value is -2.84. The normalized spacial score (nSPS) is 16.9. The lowest BCUT2D eigenvalue weighted by molar-refractivity contribution is -0.125. The van der Waals surface area contributed by atoms with Gasteiger partial charge in [-0.1, -0.05) is 59.8 Å². The minimum atomic E-state index is -0.159. The molecule has 0 fully saturated rings. The zero-order valence-corrected chi connectivity index (χ0v) is 25.0. The maximum atomic E-state index is 14.4. The van der Waals surface area contributed by atoms with E-state index in [4.69, 9.17) is 0 Å². The molecule has 208 valence electrons. The van der Waals surface area contributed by atoms with Gasteiger partial charge in [-0.25, -0.2) is 0 Å². The predicted octanol–water partition coefficient (Wildman–Crippen LogP) is 7.43. The molecule has 8 heteroatoms. The van der Waals surface area contributed by atoms with Crippen LogP contribution in [0.4, 0.5) is 0 Å². The summed E-state index contributed by atoms with van der Waals surface area (Å²) in [5, 5.41) is 0. The highest BCUT2D eigenvalue weighted by Gasteiger charge is 2.51. The third-order valence-electron chi connectivity index (χ3n) is 7.79. The van der Waals surface area contributed by atoms with Crippen LogP contribution in [-0.2, 0) is 9.59 Å². The third kappa shape index (κ3) is 5.59. The molecule has 2 aliphatic heterocycles. The molecule has 4 rings (SSSR count). The van der Waals surface area contributed by atoms with Crippen LogP contribution in [0, 0.1) is 5.92 Å². The maximum absolute atomic E-state index is 14.4. The molecule has 0 aliphatic carbocycles. The van der Waals surface area contributed by atoms with Crippen molar-refractivity contribution in [3.63, 3.8) is 0 Å². The minimum absolute atomic E-state index is 0.0517. The van der Waals surface area contributed by atoms with Crippen molar-refractivity contribution < 1.29 is 19.2 Å². The highest BCUT2D eigenvalue weighted by molar-refractivity contribution is 7.15. The highest BCUT2D eigenvalue weighted by Crippen LogP contribution is 2.50. The number of carbonyl (C=O) groups excluding carboxylic acids is 4. The Labute approximate surface area is 239 Å². The van der Waals surface area contributed by atoms with E-state index in [2.05, 4.69) is 27.7 Å². The second-order valence-electron chi connectivity index (χ2n) is 10.3. The highest BCUT2D eigenvalue weighted by atomic mass is 32.1. The van der Waals surface area contributed by atoms with Crippen molar-refractivity contribution in [3.05, 3.63) is 54.9 Å². The summed E-state index contributed by atoms with van der Waals surface area (Å²) < 4.78 is 0. The number of thiophene rings is 2. The van der Waals surface area contributed by atoms with Gasteiger partial charge in [0.25, 0.3) is 11.8 Å². The lowest BCUT2D eigenvalue weighted by atomic mass is 9.98. The number of rotatable bonds is 15. The van der Waals surface area contributed by atoms with Gasteiger partial charge >= 0.3 is 0 Å². The number of fused-ring (bicyclic) bond motifs is 1. The van der Waals surface area contributed by atoms with Gasteiger partial charge in [0.15, 0.2) is 12.6 Å². The summed E-state index contributed by atoms with van der Waals surface area (Å²) in [6.07, 6.45) is 9.33. The molecule has 39 heavy (non-hydrogen) atoms. The first-order chi connectivity index (χ1) is 18.9. The number of aldehydes is 2. The Bertz CT molecular complexity index is 1300. The van der Waals surface area contributed by atoms with E-state index in [1.165, 1.54) is 22.7 Å². The van der Waals surface area contributed by atoms with Gasteiger partial charge in [-0.3, -0.25) is 19.2 Å². The molecule has 6 nitrogen and oxygen atoms in total. The summed E-state index contributed by atoms with van der Waals surface area (Å²) in [5.74, 6) is -0.00815. The molecule has 2 aromatic rings. The van der Waals surface area contributed by atoms with Crippen LogP contribution in [0.2, 0.25) is 0 Å².